The van der Waals surface area contributed by atoms with Crippen molar-refractivity contribution in [3.05, 3.63) is 17.8 Å². The molecule has 0 spiro atoms. The molecule has 1 aliphatic heterocycles. The highest BCUT2D eigenvalue weighted by Gasteiger charge is 2.56. The molecule has 1 saturated heterocycles. The van der Waals surface area contributed by atoms with Crippen molar-refractivity contribution in [1.29, 1.82) is 0 Å². The Morgan fingerprint density at radius 1 is 1.55 bits per heavy atom. The summed E-state index contributed by atoms with van der Waals surface area (Å²) in [5, 5.41) is 2.59. The number of oxazole rings is 1. The van der Waals surface area contributed by atoms with Gasteiger partial charge in [-0.05, 0) is 20.3 Å². The van der Waals surface area contributed by atoms with E-state index in [0.717, 1.165) is 0 Å². The maximum Gasteiger partial charge on any atom is 0.394 e. The summed E-state index contributed by atoms with van der Waals surface area (Å²) in [6, 6.07) is -0.522. The summed E-state index contributed by atoms with van der Waals surface area (Å²) >= 11 is 0. The van der Waals surface area contributed by atoms with Gasteiger partial charge in [-0.15, -0.1) is 0 Å². The largest absolute Gasteiger partial charge is 0.444 e. The van der Waals surface area contributed by atoms with Crippen LogP contribution in [0.5, 0.6) is 0 Å². The van der Waals surface area contributed by atoms with Crippen LogP contribution in [-0.2, 0) is 13.0 Å². The first-order chi connectivity index (χ1) is 10.2. The molecule has 2 heterocycles. The van der Waals surface area contributed by atoms with Crippen molar-refractivity contribution in [2.45, 2.75) is 51.9 Å². The van der Waals surface area contributed by atoms with Crippen LogP contribution in [0.15, 0.2) is 10.6 Å². The molecule has 1 unspecified atom stereocenters. The molecule has 2 amide bonds. The number of likely N-dealkylation sites (tertiary alicyclic amines) is 1. The van der Waals surface area contributed by atoms with Gasteiger partial charge in [-0.2, -0.15) is 13.2 Å². The molecule has 0 aliphatic carbocycles. The van der Waals surface area contributed by atoms with Crippen LogP contribution < -0.4 is 5.32 Å². The van der Waals surface area contributed by atoms with E-state index < -0.39 is 23.7 Å². The second kappa shape index (κ2) is 5.81. The van der Waals surface area contributed by atoms with Crippen molar-refractivity contribution in [2.75, 3.05) is 6.54 Å². The number of alkyl halides is 3. The molecular formula is C14H20F3N3O2. The van der Waals surface area contributed by atoms with Crippen LogP contribution in [-0.4, -0.2) is 34.2 Å². The Balaban J connectivity index is 1.98. The van der Waals surface area contributed by atoms with E-state index in [1.54, 1.807) is 0 Å². The molecule has 0 radical (unpaired) electrons. The Kier molecular flexibility index (Phi) is 4.39. The van der Waals surface area contributed by atoms with E-state index in [4.69, 9.17) is 4.42 Å². The van der Waals surface area contributed by atoms with E-state index >= 15 is 0 Å². The smallest absolute Gasteiger partial charge is 0.394 e. The summed E-state index contributed by atoms with van der Waals surface area (Å²) in [6.07, 6.45) is -2.24. The molecule has 1 fully saturated rings. The van der Waals surface area contributed by atoms with Crippen molar-refractivity contribution >= 4 is 6.03 Å². The molecule has 2 rings (SSSR count). The highest BCUT2D eigenvalue weighted by atomic mass is 19.4. The van der Waals surface area contributed by atoms with E-state index in [-0.39, 0.29) is 19.5 Å². The molecule has 22 heavy (non-hydrogen) atoms. The second-order valence-electron chi connectivity index (χ2n) is 5.92. The number of carbonyl (C=O) groups excluding carboxylic acids is 1. The fraction of sp³-hybridized carbons (Fsp3) is 0.714. The number of carbonyl (C=O) groups is 1. The standard InChI is InChI=1S/C14H20F3N3O2/c1-4-11-18-7-9(22-11)8-19-12(21)20-6-5-10(13(20,2)3)14(15,16)17/h7,10H,4-6,8H2,1-3H3,(H,19,21). The number of amides is 2. The Bertz CT molecular complexity index is 540. The minimum atomic E-state index is -4.31. The van der Waals surface area contributed by atoms with Gasteiger partial charge in [0.2, 0.25) is 0 Å². The number of hydrogen-bond acceptors (Lipinski definition) is 3. The lowest BCUT2D eigenvalue weighted by atomic mass is 9.88. The first-order valence-corrected chi connectivity index (χ1v) is 7.22. The number of nitrogens with zero attached hydrogens (tertiary/aromatic N) is 2. The van der Waals surface area contributed by atoms with Crippen LogP contribution in [0, 0.1) is 5.92 Å². The number of aromatic nitrogens is 1. The quantitative estimate of drug-likeness (QED) is 0.931. The van der Waals surface area contributed by atoms with Gasteiger partial charge < -0.3 is 14.6 Å². The van der Waals surface area contributed by atoms with Crippen molar-refractivity contribution < 1.29 is 22.4 Å². The number of halogens is 3. The van der Waals surface area contributed by atoms with E-state index in [2.05, 4.69) is 10.3 Å². The van der Waals surface area contributed by atoms with Crippen molar-refractivity contribution in [2.24, 2.45) is 5.92 Å². The first kappa shape index (κ1) is 16.6. The predicted molar refractivity (Wildman–Crippen MR) is 73.1 cm³/mol. The van der Waals surface area contributed by atoms with Gasteiger partial charge in [0, 0.05) is 13.0 Å². The molecule has 0 bridgehead atoms. The van der Waals surface area contributed by atoms with Gasteiger partial charge in [0.15, 0.2) is 5.89 Å². The summed E-state index contributed by atoms with van der Waals surface area (Å²) in [6.45, 7) is 4.97. The zero-order valence-corrected chi connectivity index (χ0v) is 12.8. The number of hydrogen-bond donors (Lipinski definition) is 1. The fourth-order valence-corrected chi connectivity index (χ4v) is 2.87. The summed E-state index contributed by atoms with van der Waals surface area (Å²) < 4.78 is 44.4. The molecular weight excluding hydrogens is 299 g/mol. The van der Waals surface area contributed by atoms with E-state index in [1.807, 2.05) is 6.92 Å². The Morgan fingerprint density at radius 2 is 2.23 bits per heavy atom. The van der Waals surface area contributed by atoms with E-state index in [9.17, 15) is 18.0 Å². The minimum absolute atomic E-state index is 0.0772. The van der Waals surface area contributed by atoms with Crippen molar-refractivity contribution in [1.82, 2.24) is 15.2 Å². The van der Waals surface area contributed by atoms with Gasteiger partial charge >= 0.3 is 12.2 Å². The van der Waals surface area contributed by atoms with E-state index in [0.29, 0.717) is 18.1 Å². The van der Waals surface area contributed by atoms with Gasteiger partial charge in [-0.25, -0.2) is 9.78 Å². The molecule has 5 nitrogen and oxygen atoms in total. The van der Waals surface area contributed by atoms with Crippen molar-refractivity contribution in [3.8, 4) is 0 Å². The van der Waals surface area contributed by atoms with Gasteiger partial charge in [-0.3, -0.25) is 0 Å². The molecule has 0 saturated carbocycles. The van der Waals surface area contributed by atoms with Crippen LogP contribution in [0.4, 0.5) is 18.0 Å². The third kappa shape index (κ3) is 3.20. The van der Waals surface area contributed by atoms with Crippen LogP contribution in [0.3, 0.4) is 0 Å². The van der Waals surface area contributed by atoms with Crippen LogP contribution in [0.1, 0.15) is 38.8 Å². The molecule has 1 atom stereocenters. The van der Waals surface area contributed by atoms with Gasteiger partial charge in [-0.1, -0.05) is 6.92 Å². The normalized spacial score (nSPS) is 21.2. The summed E-state index contributed by atoms with van der Waals surface area (Å²) in [7, 11) is 0. The minimum Gasteiger partial charge on any atom is -0.444 e. The third-order valence-electron chi connectivity index (χ3n) is 4.15. The Hall–Kier alpha value is -1.73. The number of aryl methyl sites for hydroxylation is 1. The zero-order valence-electron chi connectivity index (χ0n) is 12.8. The maximum absolute atomic E-state index is 13.0. The topological polar surface area (TPSA) is 58.4 Å². The maximum atomic E-state index is 13.0. The molecule has 1 aliphatic rings. The molecule has 8 heteroatoms. The monoisotopic (exact) mass is 319 g/mol. The Morgan fingerprint density at radius 3 is 2.73 bits per heavy atom. The van der Waals surface area contributed by atoms with Crippen LogP contribution in [0.2, 0.25) is 0 Å². The summed E-state index contributed by atoms with van der Waals surface area (Å²) in [5.74, 6) is -0.472. The molecule has 1 N–H and O–H groups in total. The highest BCUT2D eigenvalue weighted by Crippen LogP contribution is 2.44. The number of urea groups is 1. The molecule has 1 aromatic heterocycles. The highest BCUT2D eigenvalue weighted by molar-refractivity contribution is 5.75. The number of nitrogens with one attached hydrogen (secondary N) is 1. The van der Waals surface area contributed by atoms with Gasteiger partial charge in [0.25, 0.3) is 0 Å². The van der Waals surface area contributed by atoms with Crippen LogP contribution in [0.25, 0.3) is 0 Å². The third-order valence-corrected chi connectivity index (χ3v) is 4.15. The molecule has 1 aromatic rings. The van der Waals surface area contributed by atoms with E-state index in [1.165, 1.54) is 24.9 Å². The number of rotatable bonds is 3. The average Bonchev–Trinajstić information content (AvgIpc) is 2.98. The zero-order chi connectivity index (χ0) is 16.5. The summed E-state index contributed by atoms with van der Waals surface area (Å²) in [4.78, 5) is 17.4. The molecule has 0 aromatic carbocycles. The SMILES string of the molecule is CCc1ncc(CNC(=O)N2CCC(C(F)(F)F)C2(C)C)o1. The predicted octanol–water partition coefficient (Wildman–Crippen LogP) is 3.11. The lowest BCUT2D eigenvalue weighted by Crippen LogP contribution is -2.52. The van der Waals surface area contributed by atoms with Crippen molar-refractivity contribution in [3.63, 3.8) is 0 Å². The van der Waals surface area contributed by atoms with Crippen LogP contribution >= 0.6 is 0 Å². The average molecular weight is 319 g/mol. The Labute approximate surface area is 126 Å². The lowest BCUT2D eigenvalue weighted by molar-refractivity contribution is -0.189. The van der Waals surface area contributed by atoms with Gasteiger partial charge in [0.05, 0.1) is 24.2 Å². The lowest BCUT2D eigenvalue weighted by Gasteiger charge is -2.36. The van der Waals surface area contributed by atoms with Gasteiger partial charge in [0.1, 0.15) is 5.76 Å². The fourth-order valence-electron chi connectivity index (χ4n) is 2.87. The summed E-state index contributed by atoms with van der Waals surface area (Å²) in [5.41, 5.74) is -1.27. The molecule has 124 valence electrons. The second-order valence-corrected chi connectivity index (χ2v) is 5.92. The first-order valence-electron chi connectivity index (χ1n) is 7.22.